The number of aromatic amines is 1. The van der Waals surface area contributed by atoms with Crippen LogP contribution >= 0.6 is 0 Å². The van der Waals surface area contributed by atoms with Crippen molar-refractivity contribution in [1.29, 1.82) is 0 Å². The van der Waals surface area contributed by atoms with Crippen LogP contribution in [0, 0.1) is 0 Å². The van der Waals surface area contributed by atoms with Crippen LogP contribution in [0.1, 0.15) is 22.4 Å². The molecule has 29 heavy (non-hydrogen) atoms. The highest BCUT2D eigenvalue weighted by Gasteiger charge is 2.33. The second-order valence-electron chi connectivity index (χ2n) is 6.65. The van der Waals surface area contributed by atoms with Gasteiger partial charge in [-0.2, -0.15) is 9.40 Å². The molecule has 1 aliphatic rings. The first-order valence-electron chi connectivity index (χ1n) is 8.98. The first kappa shape index (κ1) is 19.0. The molecule has 148 valence electrons. The Hall–Kier alpha value is -3.30. The lowest BCUT2D eigenvalue weighted by Crippen LogP contribution is -2.27. The zero-order valence-electron chi connectivity index (χ0n) is 15.4. The number of anilines is 1. The summed E-state index contributed by atoms with van der Waals surface area (Å²) in [7, 11) is -3.49. The van der Waals surface area contributed by atoms with Gasteiger partial charge in [0.25, 0.3) is 0 Å². The van der Waals surface area contributed by atoms with Crippen molar-refractivity contribution in [2.75, 3.05) is 5.32 Å². The number of fused-ring (bicyclic) bond motifs is 1. The third kappa shape index (κ3) is 4.41. The molecule has 8 nitrogen and oxygen atoms in total. The largest absolute Gasteiger partial charge is 0.305 e. The van der Waals surface area contributed by atoms with Crippen molar-refractivity contribution in [3.8, 4) is 0 Å². The number of nitrogens with one attached hydrogen (secondary N) is 2. The number of nitrogens with zero attached hydrogens (tertiary/aromatic N) is 3. The predicted molar refractivity (Wildman–Crippen MR) is 109 cm³/mol. The van der Waals surface area contributed by atoms with Crippen molar-refractivity contribution >= 4 is 27.8 Å². The third-order valence-corrected chi connectivity index (χ3v) is 6.30. The first-order chi connectivity index (χ1) is 14.0. The summed E-state index contributed by atoms with van der Waals surface area (Å²) in [5.41, 5.74) is 2.90. The van der Waals surface area contributed by atoms with Gasteiger partial charge in [0.15, 0.2) is 5.82 Å². The maximum absolute atomic E-state index is 12.7. The molecule has 0 unspecified atom stereocenters. The van der Waals surface area contributed by atoms with Crippen molar-refractivity contribution in [2.45, 2.75) is 18.8 Å². The SMILES string of the molecule is O=C(/C=C/c1cccnc1)Nc1n[nH]c2c1CN(S(=O)(=O)Cc1ccccc1)C2. The average molecular weight is 409 g/mol. The van der Waals surface area contributed by atoms with E-state index < -0.39 is 10.0 Å². The number of amides is 1. The highest BCUT2D eigenvalue weighted by molar-refractivity contribution is 7.88. The van der Waals surface area contributed by atoms with Crippen molar-refractivity contribution in [1.82, 2.24) is 19.5 Å². The van der Waals surface area contributed by atoms with Crippen LogP contribution in [0.3, 0.4) is 0 Å². The monoisotopic (exact) mass is 409 g/mol. The molecule has 0 radical (unpaired) electrons. The van der Waals surface area contributed by atoms with E-state index in [2.05, 4.69) is 20.5 Å². The number of hydrogen-bond acceptors (Lipinski definition) is 5. The van der Waals surface area contributed by atoms with Gasteiger partial charge in [0, 0.05) is 30.6 Å². The van der Waals surface area contributed by atoms with Gasteiger partial charge in [0.1, 0.15) is 0 Å². The molecule has 0 bridgehead atoms. The van der Waals surface area contributed by atoms with Crippen LogP contribution < -0.4 is 5.32 Å². The number of benzene rings is 1. The van der Waals surface area contributed by atoms with E-state index in [4.69, 9.17) is 0 Å². The smallest absolute Gasteiger partial charge is 0.249 e. The van der Waals surface area contributed by atoms with Gasteiger partial charge in [-0.25, -0.2) is 8.42 Å². The molecule has 1 aliphatic heterocycles. The van der Waals surface area contributed by atoms with Crippen LogP contribution in [0.25, 0.3) is 6.08 Å². The minimum Gasteiger partial charge on any atom is -0.305 e. The first-order valence-corrected chi connectivity index (χ1v) is 10.6. The van der Waals surface area contributed by atoms with Crippen LogP contribution in [0.5, 0.6) is 0 Å². The van der Waals surface area contributed by atoms with Crippen LogP contribution in [0.4, 0.5) is 5.82 Å². The fourth-order valence-corrected chi connectivity index (χ4v) is 4.54. The molecule has 0 saturated carbocycles. The van der Waals surface area contributed by atoms with Gasteiger partial charge in [0.2, 0.25) is 15.9 Å². The van der Waals surface area contributed by atoms with Crippen LogP contribution in [0.2, 0.25) is 0 Å². The quantitative estimate of drug-likeness (QED) is 0.608. The third-order valence-electron chi connectivity index (χ3n) is 4.56. The molecule has 0 atom stereocenters. The zero-order chi connectivity index (χ0) is 20.3. The molecule has 0 fully saturated rings. The van der Waals surface area contributed by atoms with Gasteiger partial charge in [-0.3, -0.25) is 14.9 Å². The van der Waals surface area contributed by atoms with E-state index in [1.807, 2.05) is 24.3 Å². The molecule has 0 spiro atoms. The molecule has 0 aliphatic carbocycles. The minimum absolute atomic E-state index is 0.0684. The summed E-state index contributed by atoms with van der Waals surface area (Å²) in [5.74, 6) is -0.0758. The molecule has 3 heterocycles. The Morgan fingerprint density at radius 2 is 2.00 bits per heavy atom. The molecule has 1 aromatic carbocycles. The molecule has 3 aromatic rings. The Morgan fingerprint density at radius 3 is 2.76 bits per heavy atom. The molecular formula is C20H19N5O3S. The number of hydrogen-bond donors (Lipinski definition) is 2. The molecular weight excluding hydrogens is 390 g/mol. The Balaban J connectivity index is 1.43. The number of pyridine rings is 1. The highest BCUT2D eigenvalue weighted by Crippen LogP contribution is 2.30. The summed E-state index contributed by atoms with van der Waals surface area (Å²) in [4.78, 5) is 16.2. The summed E-state index contributed by atoms with van der Waals surface area (Å²) < 4.78 is 26.9. The van der Waals surface area contributed by atoms with Crippen LogP contribution in [-0.4, -0.2) is 33.8 Å². The Bertz CT molecular complexity index is 1140. The molecule has 0 saturated heterocycles. The second-order valence-corrected chi connectivity index (χ2v) is 8.62. The van der Waals surface area contributed by atoms with Crippen molar-refractivity contribution < 1.29 is 13.2 Å². The van der Waals surface area contributed by atoms with E-state index in [9.17, 15) is 13.2 Å². The summed E-state index contributed by atoms with van der Waals surface area (Å²) in [5, 5.41) is 9.64. The van der Waals surface area contributed by atoms with Gasteiger partial charge in [-0.1, -0.05) is 36.4 Å². The summed E-state index contributed by atoms with van der Waals surface area (Å²) in [6, 6.07) is 12.7. The van der Waals surface area contributed by atoms with Gasteiger partial charge in [-0.15, -0.1) is 0 Å². The Morgan fingerprint density at radius 1 is 1.17 bits per heavy atom. The lowest BCUT2D eigenvalue weighted by Gasteiger charge is -2.16. The second kappa shape index (κ2) is 7.98. The maximum atomic E-state index is 12.7. The topological polar surface area (TPSA) is 108 Å². The van der Waals surface area contributed by atoms with Gasteiger partial charge in [-0.05, 0) is 23.3 Å². The predicted octanol–water partition coefficient (Wildman–Crippen LogP) is 2.30. The number of carbonyl (C=O) groups is 1. The number of H-pyrrole nitrogens is 1. The van der Waals surface area contributed by atoms with Crippen molar-refractivity contribution in [3.05, 3.63) is 83.3 Å². The number of sulfonamides is 1. The minimum atomic E-state index is -3.49. The lowest BCUT2D eigenvalue weighted by atomic mass is 10.2. The lowest BCUT2D eigenvalue weighted by molar-refractivity contribution is -0.111. The van der Waals surface area contributed by atoms with E-state index >= 15 is 0 Å². The maximum Gasteiger partial charge on any atom is 0.249 e. The molecule has 9 heteroatoms. The van der Waals surface area contributed by atoms with E-state index in [1.54, 1.807) is 36.7 Å². The number of rotatable bonds is 6. The van der Waals surface area contributed by atoms with Crippen molar-refractivity contribution in [2.24, 2.45) is 0 Å². The summed E-state index contributed by atoms with van der Waals surface area (Å²) in [6.07, 6.45) is 6.33. The van der Waals surface area contributed by atoms with E-state index in [0.29, 0.717) is 17.1 Å². The Labute approximate surface area is 168 Å². The van der Waals surface area contributed by atoms with Gasteiger partial charge in [0.05, 0.1) is 18.0 Å². The van der Waals surface area contributed by atoms with E-state index in [0.717, 1.165) is 11.1 Å². The number of carbonyl (C=O) groups excluding carboxylic acids is 1. The van der Waals surface area contributed by atoms with E-state index in [1.165, 1.54) is 10.4 Å². The molecule has 2 aromatic heterocycles. The summed E-state index contributed by atoms with van der Waals surface area (Å²) in [6.45, 7) is 0.377. The summed E-state index contributed by atoms with van der Waals surface area (Å²) >= 11 is 0. The number of aromatic nitrogens is 3. The van der Waals surface area contributed by atoms with Gasteiger partial charge >= 0.3 is 0 Å². The van der Waals surface area contributed by atoms with Crippen LogP contribution in [-0.2, 0) is 33.7 Å². The molecule has 1 amide bonds. The fourth-order valence-electron chi connectivity index (χ4n) is 3.09. The molecule has 2 N–H and O–H groups in total. The standard InChI is InChI=1S/C20H19N5O3S/c26-19(9-8-15-7-4-10-21-11-15)22-20-17-12-25(13-18(17)23-24-20)29(27,28)14-16-5-2-1-3-6-16/h1-11H,12-14H2,(H2,22,23,24,26)/b9-8+. The normalized spacial score (nSPS) is 14.2. The fraction of sp³-hybridized carbons (Fsp3) is 0.150. The zero-order valence-corrected chi connectivity index (χ0v) is 16.3. The van der Waals surface area contributed by atoms with Crippen LogP contribution in [0.15, 0.2) is 60.9 Å². The van der Waals surface area contributed by atoms with E-state index in [-0.39, 0.29) is 24.7 Å². The van der Waals surface area contributed by atoms with Gasteiger partial charge < -0.3 is 5.32 Å². The average Bonchev–Trinajstić information content (AvgIpc) is 3.30. The highest BCUT2D eigenvalue weighted by atomic mass is 32.2. The molecule has 4 rings (SSSR count). The van der Waals surface area contributed by atoms with Crippen molar-refractivity contribution in [3.63, 3.8) is 0 Å². The Kier molecular flexibility index (Phi) is 5.24.